The van der Waals surface area contributed by atoms with Gasteiger partial charge in [0.1, 0.15) is 0 Å². The van der Waals surface area contributed by atoms with Crippen molar-refractivity contribution in [3.05, 3.63) is 65.0 Å². The van der Waals surface area contributed by atoms with Gasteiger partial charge in [0, 0.05) is 18.7 Å². The van der Waals surface area contributed by atoms with E-state index in [1.165, 1.54) is 12.1 Å². The van der Waals surface area contributed by atoms with E-state index in [9.17, 15) is 9.90 Å². The second-order valence-electron chi connectivity index (χ2n) is 6.41. The average Bonchev–Trinajstić information content (AvgIpc) is 3.19. The molecule has 2 aromatic carbocycles. The standard InChI is InChI=1S/C21H20N4O3S/c26-20(27)16-6-8-17(9-7-16)24-22-14-18-19(15-4-2-1-3-5-15)23-21(29-18)25-10-12-28-13-11-25/h1-9,14,24H,10-13H2,(H,26,27)/p-1/b22-14-. The molecule has 0 atom stereocenters. The summed E-state index contributed by atoms with van der Waals surface area (Å²) in [6.45, 7) is 3.04. The molecule has 29 heavy (non-hydrogen) atoms. The number of carboxylic acid groups (broad SMARTS) is 1. The van der Waals surface area contributed by atoms with Gasteiger partial charge in [-0.15, -0.1) is 0 Å². The number of carbonyl (C=O) groups is 1. The highest BCUT2D eigenvalue weighted by molar-refractivity contribution is 7.17. The number of nitrogens with one attached hydrogen (secondary N) is 1. The Balaban J connectivity index is 1.56. The number of aromatic nitrogens is 1. The maximum Gasteiger partial charge on any atom is 0.186 e. The van der Waals surface area contributed by atoms with Crippen LogP contribution in [0.2, 0.25) is 0 Å². The fraction of sp³-hybridized carbons (Fsp3) is 0.190. The van der Waals surface area contributed by atoms with E-state index < -0.39 is 5.97 Å². The molecule has 148 valence electrons. The summed E-state index contributed by atoms with van der Waals surface area (Å²) in [7, 11) is 0. The summed E-state index contributed by atoms with van der Waals surface area (Å²) in [6, 6.07) is 16.3. The number of morpholine rings is 1. The van der Waals surface area contributed by atoms with Gasteiger partial charge in [-0.2, -0.15) is 5.10 Å². The third-order valence-corrected chi connectivity index (χ3v) is 5.52. The van der Waals surface area contributed by atoms with E-state index in [1.54, 1.807) is 29.7 Å². The number of ether oxygens (including phenoxy) is 1. The van der Waals surface area contributed by atoms with Crippen LogP contribution in [-0.2, 0) is 4.74 Å². The molecule has 1 aliphatic rings. The molecule has 0 amide bonds. The molecule has 1 aromatic heterocycles. The number of nitrogens with zero attached hydrogens (tertiary/aromatic N) is 3. The third-order valence-electron chi connectivity index (χ3n) is 4.47. The highest BCUT2D eigenvalue weighted by Crippen LogP contribution is 2.32. The second kappa shape index (κ2) is 8.85. The molecular formula is C21H19N4O3S-. The number of anilines is 2. The van der Waals surface area contributed by atoms with Crippen LogP contribution in [0.3, 0.4) is 0 Å². The first kappa shape index (κ1) is 19.1. The molecule has 8 heteroatoms. The Morgan fingerprint density at radius 1 is 1.14 bits per heavy atom. The Hall–Kier alpha value is -3.23. The molecule has 1 fully saturated rings. The number of thiazole rings is 1. The molecule has 0 aliphatic carbocycles. The summed E-state index contributed by atoms with van der Waals surface area (Å²) in [6.07, 6.45) is 1.75. The molecule has 0 unspecified atom stereocenters. The topological polar surface area (TPSA) is 89.9 Å². The zero-order chi connectivity index (χ0) is 20.1. The van der Waals surface area contributed by atoms with Crippen LogP contribution in [-0.4, -0.2) is 43.5 Å². The Bertz CT molecular complexity index is 997. The number of aromatic carboxylic acids is 1. The van der Waals surface area contributed by atoms with Gasteiger partial charge < -0.3 is 19.5 Å². The van der Waals surface area contributed by atoms with Gasteiger partial charge >= 0.3 is 0 Å². The molecule has 0 radical (unpaired) electrons. The summed E-state index contributed by atoms with van der Waals surface area (Å²) >= 11 is 1.59. The Morgan fingerprint density at radius 2 is 1.86 bits per heavy atom. The number of carbonyl (C=O) groups excluding carboxylic acids is 1. The number of hydrogen-bond donors (Lipinski definition) is 1. The summed E-state index contributed by atoms with van der Waals surface area (Å²) < 4.78 is 5.44. The lowest BCUT2D eigenvalue weighted by Gasteiger charge is -2.26. The van der Waals surface area contributed by atoms with Crippen molar-refractivity contribution in [1.29, 1.82) is 0 Å². The zero-order valence-electron chi connectivity index (χ0n) is 15.6. The number of rotatable bonds is 6. The van der Waals surface area contributed by atoms with Crippen molar-refractivity contribution in [2.45, 2.75) is 0 Å². The minimum absolute atomic E-state index is 0.128. The quantitative estimate of drug-likeness (QED) is 0.499. The number of benzene rings is 2. The van der Waals surface area contributed by atoms with E-state index in [0.717, 1.165) is 34.4 Å². The van der Waals surface area contributed by atoms with Gasteiger partial charge in [-0.3, -0.25) is 5.43 Å². The van der Waals surface area contributed by atoms with Crippen LogP contribution in [0.5, 0.6) is 0 Å². The molecule has 4 rings (SSSR count). The predicted octanol–water partition coefficient (Wildman–Crippen LogP) is 2.46. The molecule has 1 aliphatic heterocycles. The van der Waals surface area contributed by atoms with E-state index >= 15 is 0 Å². The van der Waals surface area contributed by atoms with Crippen molar-refractivity contribution in [3.63, 3.8) is 0 Å². The van der Waals surface area contributed by atoms with Gasteiger partial charge in [0.2, 0.25) is 0 Å². The number of hydrazone groups is 1. The molecule has 1 saturated heterocycles. The SMILES string of the molecule is O=C([O-])c1ccc(N/N=C\c2sc(N3CCOCC3)nc2-c2ccccc2)cc1. The van der Waals surface area contributed by atoms with Crippen molar-refractivity contribution >= 4 is 34.3 Å². The molecule has 0 bridgehead atoms. The third kappa shape index (κ3) is 4.61. The maximum atomic E-state index is 10.8. The molecule has 1 N–H and O–H groups in total. The zero-order valence-corrected chi connectivity index (χ0v) is 16.4. The highest BCUT2D eigenvalue weighted by atomic mass is 32.1. The number of carboxylic acids is 1. The van der Waals surface area contributed by atoms with E-state index in [4.69, 9.17) is 9.72 Å². The van der Waals surface area contributed by atoms with Gasteiger partial charge in [0.15, 0.2) is 5.13 Å². The van der Waals surface area contributed by atoms with Crippen LogP contribution in [0.25, 0.3) is 11.3 Å². The first-order valence-corrected chi connectivity index (χ1v) is 10.0. The molecular weight excluding hydrogens is 388 g/mol. The first-order chi connectivity index (χ1) is 14.2. The van der Waals surface area contributed by atoms with Crippen molar-refractivity contribution in [2.24, 2.45) is 5.10 Å². The van der Waals surface area contributed by atoms with Crippen molar-refractivity contribution in [3.8, 4) is 11.3 Å². The van der Waals surface area contributed by atoms with Crippen LogP contribution in [0, 0.1) is 0 Å². The minimum Gasteiger partial charge on any atom is -0.545 e. The lowest BCUT2D eigenvalue weighted by Crippen LogP contribution is -2.36. The summed E-state index contributed by atoms with van der Waals surface area (Å²) in [5.74, 6) is -1.20. The fourth-order valence-electron chi connectivity index (χ4n) is 2.95. The van der Waals surface area contributed by atoms with Crippen molar-refractivity contribution in [1.82, 2.24) is 4.98 Å². The Morgan fingerprint density at radius 3 is 2.55 bits per heavy atom. The lowest BCUT2D eigenvalue weighted by atomic mass is 10.1. The molecule has 0 spiro atoms. The smallest absolute Gasteiger partial charge is 0.186 e. The Labute approximate surface area is 172 Å². The van der Waals surface area contributed by atoms with Crippen LogP contribution >= 0.6 is 11.3 Å². The normalized spacial score (nSPS) is 14.3. The largest absolute Gasteiger partial charge is 0.545 e. The molecule has 3 aromatic rings. The second-order valence-corrected chi connectivity index (χ2v) is 7.42. The van der Waals surface area contributed by atoms with E-state index in [0.29, 0.717) is 18.9 Å². The van der Waals surface area contributed by atoms with Crippen LogP contribution in [0.1, 0.15) is 15.2 Å². The molecule has 0 saturated carbocycles. The van der Waals surface area contributed by atoms with E-state index in [-0.39, 0.29) is 5.56 Å². The van der Waals surface area contributed by atoms with Crippen LogP contribution in [0.15, 0.2) is 59.7 Å². The fourth-order valence-corrected chi connectivity index (χ4v) is 3.96. The van der Waals surface area contributed by atoms with Crippen LogP contribution in [0.4, 0.5) is 10.8 Å². The van der Waals surface area contributed by atoms with Crippen molar-refractivity contribution in [2.75, 3.05) is 36.6 Å². The molecule has 7 nitrogen and oxygen atoms in total. The molecule has 2 heterocycles. The Kier molecular flexibility index (Phi) is 5.83. The van der Waals surface area contributed by atoms with Gasteiger partial charge in [-0.1, -0.05) is 53.8 Å². The predicted molar refractivity (Wildman–Crippen MR) is 113 cm³/mol. The summed E-state index contributed by atoms with van der Waals surface area (Å²) in [5.41, 5.74) is 5.66. The monoisotopic (exact) mass is 407 g/mol. The lowest BCUT2D eigenvalue weighted by molar-refractivity contribution is -0.255. The van der Waals surface area contributed by atoms with Crippen molar-refractivity contribution < 1.29 is 14.6 Å². The van der Waals surface area contributed by atoms with Gasteiger partial charge in [-0.05, 0) is 17.7 Å². The highest BCUT2D eigenvalue weighted by Gasteiger charge is 2.18. The summed E-state index contributed by atoms with van der Waals surface area (Å²) in [4.78, 5) is 18.9. The van der Waals surface area contributed by atoms with E-state index in [1.807, 2.05) is 30.3 Å². The maximum absolute atomic E-state index is 10.8. The van der Waals surface area contributed by atoms with E-state index in [2.05, 4.69) is 15.4 Å². The minimum atomic E-state index is -1.20. The average molecular weight is 407 g/mol. The first-order valence-electron chi connectivity index (χ1n) is 9.20. The van der Waals surface area contributed by atoms with Gasteiger partial charge in [-0.25, -0.2) is 4.98 Å². The van der Waals surface area contributed by atoms with Gasteiger partial charge in [0.25, 0.3) is 0 Å². The summed E-state index contributed by atoms with van der Waals surface area (Å²) in [5, 5.41) is 16.1. The number of hydrogen-bond acceptors (Lipinski definition) is 8. The van der Waals surface area contributed by atoms with Crippen LogP contribution < -0.4 is 15.4 Å². The van der Waals surface area contributed by atoms with Gasteiger partial charge in [0.05, 0.1) is 41.7 Å².